The lowest BCUT2D eigenvalue weighted by atomic mass is 10.1. The Morgan fingerprint density at radius 3 is 2.31 bits per heavy atom. The van der Waals surface area contributed by atoms with Crippen molar-refractivity contribution in [1.82, 2.24) is 15.2 Å². The molecule has 0 unspecified atom stereocenters. The van der Waals surface area contributed by atoms with Gasteiger partial charge in [-0.15, -0.1) is 0 Å². The highest BCUT2D eigenvalue weighted by atomic mass is 35.5. The van der Waals surface area contributed by atoms with E-state index in [0.717, 1.165) is 10.1 Å². The number of hydrogen-bond acceptors (Lipinski definition) is 6. The molecule has 3 aromatic rings. The molecule has 0 saturated heterocycles. The molecule has 0 radical (unpaired) electrons. The number of rotatable bonds is 9. The molecule has 0 bridgehead atoms. The summed E-state index contributed by atoms with van der Waals surface area (Å²) in [5.41, 5.74) is 1.01. The quantitative estimate of drug-likeness (QED) is 0.397. The Hall–Kier alpha value is -3.63. The van der Waals surface area contributed by atoms with E-state index < -0.39 is 38.9 Å². The summed E-state index contributed by atoms with van der Waals surface area (Å²) < 4.78 is 31.9. The molecule has 9 nitrogen and oxygen atoms in total. The Labute approximate surface area is 233 Å². The molecule has 0 saturated carbocycles. The maximum atomic E-state index is 13.1. The normalized spacial score (nSPS) is 11.6. The zero-order valence-electron chi connectivity index (χ0n) is 22.3. The molecule has 0 atom stereocenters. The van der Waals surface area contributed by atoms with Crippen molar-refractivity contribution in [2.24, 2.45) is 0 Å². The van der Waals surface area contributed by atoms with Gasteiger partial charge in [0.05, 0.1) is 11.3 Å². The second-order valence-electron chi connectivity index (χ2n) is 10.0. The number of nitrogens with one attached hydrogen (secondary N) is 2. The Bertz CT molecular complexity index is 1510. The molecule has 1 heterocycles. The Balaban J connectivity index is 1.70. The number of amides is 2. The third-order valence-electron chi connectivity index (χ3n) is 5.71. The van der Waals surface area contributed by atoms with Crippen molar-refractivity contribution in [2.45, 2.75) is 63.6 Å². The summed E-state index contributed by atoms with van der Waals surface area (Å²) in [6.45, 7) is 7.25. The van der Waals surface area contributed by atoms with E-state index in [1.807, 2.05) is 0 Å². The molecule has 0 aliphatic heterocycles. The SMILES string of the molecule is Cc1ccn(CS(=O)(=O)c2ccccc2)c(=O)c1CC(=O)NCc1cc(Cl)ccc1CNC(=O)OC(C)(C)C. The number of pyridine rings is 1. The summed E-state index contributed by atoms with van der Waals surface area (Å²) in [6, 6.07) is 14.6. The molecule has 2 aromatic carbocycles. The highest BCUT2D eigenvalue weighted by Gasteiger charge is 2.19. The third kappa shape index (κ3) is 8.69. The molecule has 11 heteroatoms. The Kier molecular flexibility index (Phi) is 9.58. The zero-order chi connectivity index (χ0) is 28.8. The van der Waals surface area contributed by atoms with E-state index >= 15 is 0 Å². The van der Waals surface area contributed by atoms with Crippen molar-refractivity contribution in [3.8, 4) is 0 Å². The number of carbonyl (C=O) groups excluding carboxylic acids is 2. The number of alkyl carbamates (subject to hydrolysis) is 1. The Morgan fingerprint density at radius 1 is 0.974 bits per heavy atom. The van der Waals surface area contributed by atoms with Gasteiger partial charge in [-0.05, 0) is 74.7 Å². The minimum absolute atomic E-state index is 0.104. The summed E-state index contributed by atoms with van der Waals surface area (Å²) in [4.78, 5) is 38.1. The van der Waals surface area contributed by atoms with Gasteiger partial charge in [0.1, 0.15) is 11.5 Å². The highest BCUT2D eigenvalue weighted by Crippen LogP contribution is 2.17. The molecule has 0 fully saturated rings. The molecule has 1 aromatic heterocycles. The summed E-state index contributed by atoms with van der Waals surface area (Å²) in [6.07, 6.45) is 0.607. The van der Waals surface area contributed by atoms with Gasteiger partial charge in [-0.1, -0.05) is 35.9 Å². The van der Waals surface area contributed by atoms with Crippen molar-refractivity contribution in [1.29, 1.82) is 0 Å². The van der Waals surface area contributed by atoms with Gasteiger partial charge >= 0.3 is 6.09 Å². The molecule has 39 heavy (non-hydrogen) atoms. The van der Waals surface area contributed by atoms with Crippen LogP contribution in [0.3, 0.4) is 0 Å². The van der Waals surface area contributed by atoms with E-state index in [4.69, 9.17) is 16.3 Å². The van der Waals surface area contributed by atoms with E-state index in [9.17, 15) is 22.8 Å². The fourth-order valence-electron chi connectivity index (χ4n) is 3.74. The van der Waals surface area contributed by atoms with Crippen LogP contribution in [0.25, 0.3) is 0 Å². The second kappa shape index (κ2) is 12.5. The minimum atomic E-state index is -3.76. The number of benzene rings is 2. The van der Waals surface area contributed by atoms with Crippen LogP contribution in [0.5, 0.6) is 0 Å². The monoisotopic (exact) mass is 573 g/mol. The predicted molar refractivity (Wildman–Crippen MR) is 149 cm³/mol. The van der Waals surface area contributed by atoms with Crippen LogP contribution in [-0.4, -0.2) is 30.6 Å². The summed E-state index contributed by atoms with van der Waals surface area (Å²) in [5, 5.41) is 5.93. The number of nitrogens with zero attached hydrogens (tertiary/aromatic N) is 1. The van der Waals surface area contributed by atoms with Crippen LogP contribution < -0.4 is 16.2 Å². The van der Waals surface area contributed by atoms with Gasteiger partial charge in [0.25, 0.3) is 5.56 Å². The largest absolute Gasteiger partial charge is 0.444 e. The zero-order valence-corrected chi connectivity index (χ0v) is 23.9. The molecule has 0 aliphatic carbocycles. The van der Waals surface area contributed by atoms with Crippen molar-refractivity contribution < 1.29 is 22.7 Å². The second-order valence-corrected chi connectivity index (χ2v) is 12.4. The predicted octanol–water partition coefficient (Wildman–Crippen LogP) is 4.13. The first-order valence-corrected chi connectivity index (χ1v) is 14.3. The number of sulfone groups is 1. The van der Waals surface area contributed by atoms with Crippen LogP contribution >= 0.6 is 11.6 Å². The highest BCUT2D eigenvalue weighted by molar-refractivity contribution is 7.90. The van der Waals surface area contributed by atoms with Crippen LogP contribution in [0.15, 0.2) is 70.5 Å². The van der Waals surface area contributed by atoms with Gasteiger partial charge in [-0.2, -0.15) is 0 Å². The fraction of sp³-hybridized carbons (Fsp3) is 0.321. The summed E-state index contributed by atoms with van der Waals surface area (Å²) >= 11 is 6.15. The first-order chi connectivity index (χ1) is 18.2. The Morgan fingerprint density at radius 2 is 1.64 bits per heavy atom. The van der Waals surface area contributed by atoms with Gasteiger partial charge in [0.2, 0.25) is 5.91 Å². The molecule has 3 rings (SSSR count). The number of aromatic nitrogens is 1. The van der Waals surface area contributed by atoms with Gasteiger partial charge in [0.15, 0.2) is 9.84 Å². The van der Waals surface area contributed by atoms with Gasteiger partial charge in [0, 0.05) is 29.9 Å². The van der Waals surface area contributed by atoms with Gasteiger partial charge < -0.3 is 15.4 Å². The van der Waals surface area contributed by atoms with Crippen molar-refractivity contribution in [3.63, 3.8) is 0 Å². The maximum absolute atomic E-state index is 13.1. The lowest BCUT2D eigenvalue weighted by molar-refractivity contribution is -0.120. The van der Waals surface area contributed by atoms with Crippen LogP contribution in [-0.2, 0) is 44.8 Å². The van der Waals surface area contributed by atoms with Crippen molar-refractivity contribution in [2.75, 3.05) is 0 Å². The molecule has 0 spiro atoms. The standard InChI is InChI=1S/C28H32ClN3O6S/c1-19-12-13-32(18-39(36,37)23-8-6-5-7-9-23)26(34)24(19)15-25(33)30-17-21-14-22(29)11-10-20(21)16-31-27(35)38-28(2,3)4/h5-14H,15-18H2,1-4H3,(H,30,33)(H,31,35). The fourth-order valence-corrected chi connectivity index (χ4v) is 5.23. The molecule has 0 aliphatic rings. The number of hydrogen-bond donors (Lipinski definition) is 2. The average Bonchev–Trinajstić information content (AvgIpc) is 2.86. The average molecular weight is 574 g/mol. The smallest absolute Gasteiger partial charge is 0.407 e. The maximum Gasteiger partial charge on any atom is 0.407 e. The van der Waals surface area contributed by atoms with E-state index in [2.05, 4.69) is 10.6 Å². The first kappa shape index (κ1) is 29.9. The first-order valence-electron chi connectivity index (χ1n) is 12.2. The molecular weight excluding hydrogens is 542 g/mol. The minimum Gasteiger partial charge on any atom is -0.444 e. The van der Waals surface area contributed by atoms with E-state index in [-0.39, 0.29) is 30.0 Å². The van der Waals surface area contributed by atoms with Gasteiger partial charge in [-0.25, -0.2) is 13.2 Å². The lowest BCUT2D eigenvalue weighted by Gasteiger charge is -2.20. The number of carbonyl (C=O) groups is 2. The summed E-state index contributed by atoms with van der Waals surface area (Å²) in [7, 11) is -3.76. The number of ether oxygens (including phenoxy) is 1. The van der Waals surface area contributed by atoms with Crippen molar-refractivity contribution >= 4 is 33.4 Å². The van der Waals surface area contributed by atoms with Crippen LogP contribution in [0.4, 0.5) is 4.79 Å². The van der Waals surface area contributed by atoms with Crippen molar-refractivity contribution in [3.05, 3.63) is 98.4 Å². The van der Waals surface area contributed by atoms with E-state index in [1.54, 1.807) is 70.2 Å². The van der Waals surface area contributed by atoms with Gasteiger partial charge in [-0.3, -0.25) is 14.2 Å². The number of halogens is 1. The topological polar surface area (TPSA) is 124 Å². The van der Waals surface area contributed by atoms with E-state index in [0.29, 0.717) is 16.1 Å². The third-order valence-corrected chi connectivity index (χ3v) is 7.56. The van der Waals surface area contributed by atoms with Crippen LogP contribution in [0, 0.1) is 6.92 Å². The van der Waals surface area contributed by atoms with E-state index in [1.165, 1.54) is 18.3 Å². The van der Waals surface area contributed by atoms with Crippen LogP contribution in [0.1, 0.15) is 43.0 Å². The molecule has 2 amide bonds. The lowest BCUT2D eigenvalue weighted by Crippen LogP contribution is -2.33. The molecule has 2 N–H and O–H groups in total. The molecule has 208 valence electrons. The molecular formula is C28H32ClN3O6S. The summed E-state index contributed by atoms with van der Waals surface area (Å²) in [5.74, 6) is -0.966. The van der Waals surface area contributed by atoms with Crippen LogP contribution in [0.2, 0.25) is 5.02 Å². The number of aryl methyl sites for hydroxylation is 1.